The van der Waals surface area contributed by atoms with Crippen LogP contribution in [-0.2, 0) is 4.79 Å². The van der Waals surface area contributed by atoms with Gasteiger partial charge in [0.2, 0.25) is 0 Å². The van der Waals surface area contributed by atoms with E-state index in [1.54, 1.807) is 0 Å². The van der Waals surface area contributed by atoms with E-state index in [0.717, 1.165) is 18.9 Å². The normalized spacial score (nSPS) is 12.1. The molecule has 0 spiro atoms. The summed E-state index contributed by atoms with van der Waals surface area (Å²) in [6.45, 7) is 6.70. The molecule has 0 rings (SSSR count). The minimum absolute atomic E-state index is 0.103. The second-order valence-corrected chi connectivity index (χ2v) is 3.79. The SMILES string of the molecule is C=CC(=O)O.CCCC(O)CO.CCCC(O)CO. The summed E-state index contributed by atoms with van der Waals surface area (Å²) in [5.41, 5.74) is 0. The molecule has 0 bridgehead atoms. The first-order valence-electron chi connectivity index (χ1n) is 6.32. The van der Waals surface area contributed by atoms with Gasteiger partial charge in [-0.3, -0.25) is 0 Å². The van der Waals surface area contributed by atoms with Gasteiger partial charge in [0.25, 0.3) is 0 Å². The molecule has 0 amide bonds. The molecular weight excluding hydrogens is 252 g/mol. The molecule has 0 saturated carbocycles. The number of aliphatic hydroxyl groups excluding tert-OH is 4. The fourth-order valence-electron chi connectivity index (χ4n) is 0.849. The molecule has 2 unspecified atom stereocenters. The van der Waals surface area contributed by atoms with Crippen LogP contribution in [0, 0.1) is 0 Å². The molecule has 0 aliphatic rings. The summed E-state index contributed by atoms with van der Waals surface area (Å²) in [4.78, 5) is 9.25. The van der Waals surface area contributed by atoms with Crippen molar-refractivity contribution in [1.29, 1.82) is 0 Å². The van der Waals surface area contributed by atoms with Crippen LogP contribution in [0.3, 0.4) is 0 Å². The second-order valence-electron chi connectivity index (χ2n) is 3.79. The van der Waals surface area contributed by atoms with Gasteiger partial charge in [0, 0.05) is 6.08 Å². The first-order chi connectivity index (χ1) is 8.89. The van der Waals surface area contributed by atoms with Crippen LogP contribution in [0.4, 0.5) is 0 Å². The molecule has 0 saturated heterocycles. The summed E-state index contributed by atoms with van der Waals surface area (Å²) in [6.07, 6.45) is 3.12. The summed E-state index contributed by atoms with van der Waals surface area (Å²) in [5, 5.41) is 41.3. The Labute approximate surface area is 115 Å². The van der Waals surface area contributed by atoms with E-state index in [1.165, 1.54) is 0 Å². The van der Waals surface area contributed by atoms with Crippen LogP contribution in [0.2, 0.25) is 0 Å². The minimum atomic E-state index is -0.981. The Hall–Kier alpha value is -0.950. The van der Waals surface area contributed by atoms with Crippen molar-refractivity contribution in [2.75, 3.05) is 13.2 Å². The van der Waals surface area contributed by atoms with Crippen molar-refractivity contribution in [2.45, 2.75) is 51.7 Å². The zero-order chi connectivity index (χ0) is 15.7. The van der Waals surface area contributed by atoms with Crippen molar-refractivity contribution in [1.82, 2.24) is 0 Å². The van der Waals surface area contributed by atoms with Crippen LogP contribution < -0.4 is 0 Å². The van der Waals surface area contributed by atoms with Gasteiger partial charge in [0.15, 0.2) is 0 Å². The van der Waals surface area contributed by atoms with Crippen LogP contribution in [-0.4, -0.2) is 56.9 Å². The third-order valence-electron chi connectivity index (χ3n) is 1.84. The highest BCUT2D eigenvalue weighted by Crippen LogP contribution is 1.92. The van der Waals surface area contributed by atoms with Crippen LogP contribution in [0.15, 0.2) is 12.7 Å². The highest BCUT2D eigenvalue weighted by Gasteiger charge is 1.96. The zero-order valence-corrected chi connectivity index (χ0v) is 11.8. The number of carboxylic acids is 1. The van der Waals surface area contributed by atoms with Crippen LogP contribution in [0.25, 0.3) is 0 Å². The topological polar surface area (TPSA) is 118 Å². The van der Waals surface area contributed by atoms with Crippen molar-refractivity contribution in [3.8, 4) is 0 Å². The number of hydrogen-bond donors (Lipinski definition) is 5. The standard InChI is InChI=1S/2C5H12O2.C3H4O2/c2*1-2-3-5(7)4-6;1-2-3(4)5/h2*5-7H,2-4H2,1H3;2H,1H2,(H,4,5). The molecule has 0 aliphatic heterocycles. The lowest BCUT2D eigenvalue weighted by molar-refractivity contribution is -0.131. The van der Waals surface area contributed by atoms with Gasteiger partial charge in [0.1, 0.15) is 0 Å². The quantitative estimate of drug-likeness (QED) is 0.434. The average molecular weight is 280 g/mol. The Balaban J connectivity index is -0.000000206. The first kappa shape index (κ1) is 23.2. The fourth-order valence-corrected chi connectivity index (χ4v) is 0.849. The average Bonchev–Trinajstić information content (AvgIpc) is 2.40. The van der Waals surface area contributed by atoms with Gasteiger partial charge >= 0.3 is 5.97 Å². The molecule has 0 aromatic heterocycles. The summed E-state index contributed by atoms with van der Waals surface area (Å²) in [7, 11) is 0. The van der Waals surface area contributed by atoms with E-state index in [1.807, 2.05) is 13.8 Å². The van der Waals surface area contributed by atoms with E-state index in [0.29, 0.717) is 12.8 Å². The van der Waals surface area contributed by atoms with Crippen molar-refractivity contribution in [2.24, 2.45) is 0 Å². The maximum atomic E-state index is 9.25. The molecule has 6 heteroatoms. The molecule has 0 fully saturated rings. The largest absolute Gasteiger partial charge is 0.478 e. The molecule has 6 nitrogen and oxygen atoms in total. The summed E-state index contributed by atoms with van der Waals surface area (Å²) in [5.74, 6) is -0.981. The number of aliphatic hydroxyl groups is 4. The highest BCUT2D eigenvalue weighted by molar-refractivity contribution is 5.78. The second kappa shape index (κ2) is 19.4. The van der Waals surface area contributed by atoms with Crippen LogP contribution >= 0.6 is 0 Å². The molecular formula is C13H28O6. The van der Waals surface area contributed by atoms with Crippen molar-refractivity contribution in [3.05, 3.63) is 12.7 Å². The van der Waals surface area contributed by atoms with Gasteiger partial charge in [-0.2, -0.15) is 0 Å². The van der Waals surface area contributed by atoms with E-state index in [-0.39, 0.29) is 13.2 Å². The Morgan fingerprint density at radius 3 is 1.37 bits per heavy atom. The molecule has 116 valence electrons. The van der Waals surface area contributed by atoms with Crippen LogP contribution in [0.5, 0.6) is 0 Å². The van der Waals surface area contributed by atoms with Gasteiger partial charge in [-0.25, -0.2) is 4.79 Å². The van der Waals surface area contributed by atoms with Gasteiger partial charge in [-0.05, 0) is 12.8 Å². The number of carbonyl (C=O) groups is 1. The fraction of sp³-hybridized carbons (Fsp3) is 0.769. The van der Waals surface area contributed by atoms with Gasteiger partial charge in [-0.1, -0.05) is 33.3 Å². The summed E-state index contributed by atoms with van der Waals surface area (Å²) < 4.78 is 0. The van der Waals surface area contributed by atoms with E-state index in [4.69, 9.17) is 25.5 Å². The molecule has 0 radical (unpaired) electrons. The van der Waals surface area contributed by atoms with Crippen molar-refractivity contribution < 1.29 is 30.3 Å². The van der Waals surface area contributed by atoms with Gasteiger partial charge < -0.3 is 25.5 Å². The first-order valence-corrected chi connectivity index (χ1v) is 6.32. The Morgan fingerprint density at radius 1 is 1.05 bits per heavy atom. The van der Waals surface area contributed by atoms with E-state index < -0.39 is 18.2 Å². The maximum absolute atomic E-state index is 9.25. The Morgan fingerprint density at radius 2 is 1.32 bits per heavy atom. The predicted octanol–water partition coefficient (Wildman–Crippen LogP) is 0.536. The molecule has 0 aliphatic carbocycles. The third kappa shape index (κ3) is 31.6. The molecule has 0 aromatic carbocycles. The number of rotatable bonds is 7. The maximum Gasteiger partial charge on any atom is 0.327 e. The monoisotopic (exact) mass is 280 g/mol. The van der Waals surface area contributed by atoms with E-state index in [9.17, 15) is 4.79 Å². The molecule has 19 heavy (non-hydrogen) atoms. The zero-order valence-electron chi connectivity index (χ0n) is 11.8. The Kier molecular flexibility index (Phi) is 23.6. The summed E-state index contributed by atoms with van der Waals surface area (Å²) in [6, 6.07) is 0. The Bertz CT molecular complexity index is 184. The number of aliphatic carboxylic acids is 1. The van der Waals surface area contributed by atoms with E-state index >= 15 is 0 Å². The lowest BCUT2D eigenvalue weighted by Gasteiger charge is -2.01. The van der Waals surface area contributed by atoms with Gasteiger partial charge in [0.05, 0.1) is 25.4 Å². The number of hydrogen-bond acceptors (Lipinski definition) is 5. The van der Waals surface area contributed by atoms with E-state index in [2.05, 4.69) is 6.58 Å². The lowest BCUT2D eigenvalue weighted by Crippen LogP contribution is -2.10. The predicted molar refractivity (Wildman–Crippen MR) is 73.8 cm³/mol. The summed E-state index contributed by atoms with van der Waals surface area (Å²) >= 11 is 0. The van der Waals surface area contributed by atoms with Crippen molar-refractivity contribution in [3.63, 3.8) is 0 Å². The van der Waals surface area contributed by atoms with Crippen LogP contribution in [0.1, 0.15) is 39.5 Å². The van der Waals surface area contributed by atoms with Crippen molar-refractivity contribution >= 4 is 5.97 Å². The number of carboxylic acid groups (broad SMARTS) is 1. The lowest BCUT2D eigenvalue weighted by atomic mass is 10.2. The highest BCUT2D eigenvalue weighted by atomic mass is 16.4. The van der Waals surface area contributed by atoms with Gasteiger partial charge in [-0.15, -0.1) is 0 Å². The molecule has 0 aromatic rings. The third-order valence-corrected chi connectivity index (χ3v) is 1.84. The minimum Gasteiger partial charge on any atom is -0.478 e. The molecule has 5 N–H and O–H groups in total. The molecule has 0 heterocycles. The smallest absolute Gasteiger partial charge is 0.327 e. The molecule has 2 atom stereocenters.